The quantitative estimate of drug-likeness (QED) is 0.919. The molecule has 0 unspecified atom stereocenters. The Hall–Kier alpha value is -2.08. The van der Waals surface area contributed by atoms with Crippen molar-refractivity contribution in [3.8, 4) is 0 Å². The van der Waals surface area contributed by atoms with E-state index in [0.29, 0.717) is 5.15 Å². The average molecular weight is 349 g/mol. The fraction of sp³-hybridized carbons (Fsp3) is 0.471. The van der Waals surface area contributed by atoms with Gasteiger partial charge in [-0.1, -0.05) is 11.6 Å². The molecule has 0 aliphatic carbocycles. The summed E-state index contributed by atoms with van der Waals surface area (Å²) in [6, 6.07) is 7.28. The van der Waals surface area contributed by atoms with Crippen molar-refractivity contribution in [2.75, 3.05) is 18.0 Å². The zero-order valence-corrected chi connectivity index (χ0v) is 14.6. The third kappa shape index (κ3) is 3.87. The predicted octanol–water partition coefficient (Wildman–Crippen LogP) is 3.13. The van der Waals surface area contributed by atoms with E-state index in [9.17, 15) is 4.79 Å². The Bertz CT molecular complexity index is 693. The fourth-order valence-corrected chi connectivity index (χ4v) is 3.04. The van der Waals surface area contributed by atoms with Gasteiger partial charge in [-0.25, -0.2) is 0 Å². The number of carbonyl (C=O) groups is 1. The fourth-order valence-electron chi connectivity index (χ4n) is 2.94. The molecule has 2 aromatic heterocycles. The molecule has 6 nitrogen and oxygen atoms in total. The van der Waals surface area contributed by atoms with Crippen LogP contribution < -0.4 is 10.2 Å². The van der Waals surface area contributed by atoms with Crippen molar-refractivity contribution in [1.29, 1.82) is 0 Å². The second-order valence-corrected chi connectivity index (χ2v) is 6.54. The first-order chi connectivity index (χ1) is 11.5. The lowest BCUT2D eigenvalue weighted by molar-refractivity contribution is -0.126. The number of hydrogen-bond acceptors (Lipinski definition) is 5. The van der Waals surface area contributed by atoms with Crippen LogP contribution in [0.2, 0.25) is 5.15 Å². The summed E-state index contributed by atoms with van der Waals surface area (Å²) in [7, 11) is 0. The van der Waals surface area contributed by atoms with Gasteiger partial charge in [0.2, 0.25) is 5.91 Å². The molecule has 0 saturated carbocycles. The number of rotatable bonds is 4. The number of aryl methyl sites for hydroxylation is 1. The Balaban J connectivity index is 1.52. The van der Waals surface area contributed by atoms with E-state index in [1.165, 1.54) is 0 Å². The van der Waals surface area contributed by atoms with Crippen molar-refractivity contribution in [1.82, 2.24) is 15.5 Å². The molecule has 0 bridgehead atoms. The first kappa shape index (κ1) is 16.8. The van der Waals surface area contributed by atoms with Crippen molar-refractivity contribution in [3.05, 3.63) is 40.9 Å². The number of amides is 1. The minimum absolute atomic E-state index is 0.0139. The second kappa shape index (κ2) is 7.21. The van der Waals surface area contributed by atoms with Crippen LogP contribution in [0.25, 0.3) is 0 Å². The molecule has 0 spiro atoms. The predicted molar refractivity (Wildman–Crippen MR) is 92.0 cm³/mol. The molecule has 24 heavy (non-hydrogen) atoms. The summed E-state index contributed by atoms with van der Waals surface area (Å²) in [5, 5.41) is 11.4. The van der Waals surface area contributed by atoms with Crippen LogP contribution in [0.5, 0.6) is 0 Å². The van der Waals surface area contributed by atoms with Gasteiger partial charge in [-0.3, -0.25) is 4.79 Å². The van der Waals surface area contributed by atoms with E-state index in [4.69, 9.17) is 16.0 Å². The Kier molecular flexibility index (Phi) is 5.04. The van der Waals surface area contributed by atoms with E-state index in [1.807, 2.05) is 32.0 Å². The third-order valence-corrected chi connectivity index (χ3v) is 4.56. The number of hydrogen-bond donors (Lipinski definition) is 1. The largest absolute Gasteiger partial charge is 0.464 e. The van der Waals surface area contributed by atoms with Gasteiger partial charge in [0.05, 0.1) is 6.04 Å². The molecule has 0 radical (unpaired) electrons. The van der Waals surface area contributed by atoms with Gasteiger partial charge in [0.1, 0.15) is 11.5 Å². The average Bonchev–Trinajstić information content (AvgIpc) is 3.02. The van der Waals surface area contributed by atoms with Crippen molar-refractivity contribution < 1.29 is 9.21 Å². The van der Waals surface area contributed by atoms with Crippen LogP contribution in [-0.2, 0) is 4.79 Å². The van der Waals surface area contributed by atoms with Gasteiger partial charge in [0.15, 0.2) is 11.0 Å². The molecule has 1 aliphatic heterocycles. The summed E-state index contributed by atoms with van der Waals surface area (Å²) < 4.78 is 5.57. The van der Waals surface area contributed by atoms with E-state index < -0.39 is 0 Å². The van der Waals surface area contributed by atoms with Crippen LogP contribution in [0.4, 0.5) is 5.82 Å². The van der Waals surface area contributed by atoms with Crippen molar-refractivity contribution >= 4 is 23.3 Å². The molecule has 3 rings (SSSR count). The minimum atomic E-state index is -0.119. The zero-order chi connectivity index (χ0) is 17.1. The van der Waals surface area contributed by atoms with Crippen LogP contribution in [0, 0.1) is 12.8 Å². The third-order valence-electron chi connectivity index (χ3n) is 4.35. The lowest BCUT2D eigenvalue weighted by Crippen LogP contribution is -2.41. The van der Waals surface area contributed by atoms with Crippen molar-refractivity contribution in [3.63, 3.8) is 0 Å². The lowest BCUT2D eigenvalue weighted by atomic mass is 9.95. The molecule has 1 atom stereocenters. The maximum absolute atomic E-state index is 12.5. The topological polar surface area (TPSA) is 71.3 Å². The normalized spacial score (nSPS) is 16.9. The standard InChI is InChI=1S/C17H21ClN4O2/c1-11-3-4-14(24-11)12(2)19-17(23)13-7-9-22(10-8-13)16-6-5-15(18)20-21-16/h3-6,12-13H,7-10H2,1-2H3,(H,19,23)/t12-/m0/s1. The monoisotopic (exact) mass is 348 g/mol. The van der Waals surface area contributed by atoms with Gasteiger partial charge in [-0.2, -0.15) is 0 Å². The van der Waals surface area contributed by atoms with Crippen LogP contribution in [0.1, 0.15) is 37.3 Å². The highest BCUT2D eigenvalue weighted by molar-refractivity contribution is 6.29. The molecular formula is C17H21ClN4O2. The first-order valence-corrected chi connectivity index (χ1v) is 8.51. The molecule has 1 aliphatic rings. The molecule has 0 aromatic carbocycles. The maximum atomic E-state index is 12.5. The molecule has 2 aromatic rings. The van der Waals surface area contributed by atoms with Crippen LogP contribution in [-0.4, -0.2) is 29.2 Å². The van der Waals surface area contributed by atoms with Crippen molar-refractivity contribution in [2.45, 2.75) is 32.7 Å². The number of aromatic nitrogens is 2. The summed E-state index contributed by atoms with van der Waals surface area (Å²) in [5.41, 5.74) is 0. The van der Waals surface area contributed by atoms with Crippen LogP contribution in [0.15, 0.2) is 28.7 Å². The number of carbonyl (C=O) groups excluding carboxylic acids is 1. The van der Waals surface area contributed by atoms with E-state index in [0.717, 1.165) is 43.3 Å². The molecule has 1 amide bonds. The van der Waals surface area contributed by atoms with Gasteiger partial charge >= 0.3 is 0 Å². The number of nitrogens with zero attached hydrogens (tertiary/aromatic N) is 3. The Morgan fingerprint density at radius 2 is 2.04 bits per heavy atom. The second-order valence-electron chi connectivity index (χ2n) is 6.15. The SMILES string of the molecule is Cc1ccc([C@H](C)NC(=O)C2CCN(c3ccc(Cl)nn3)CC2)o1. The van der Waals surface area contributed by atoms with Gasteiger partial charge < -0.3 is 14.6 Å². The highest BCUT2D eigenvalue weighted by Gasteiger charge is 2.27. The molecule has 1 fully saturated rings. The zero-order valence-electron chi connectivity index (χ0n) is 13.8. The lowest BCUT2D eigenvalue weighted by Gasteiger charge is -2.32. The van der Waals surface area contributed by atoms with Crippen LogP contribution in [0.3, 0.4) is 0 Å². The van der Waals surface area contributed by atoms with E-state index >= 15 is 0 Å². The molecule has 7 heteroatoms. The van der Waals surface area contributed by atoms with Gasteiger partial charge in [-0.15, -0.1) is 10.2 Å². The Labute approximate surface area is 146 Å². The summed E-state index contributed by atoms with van der Waals surface area (Å²) in [6.07, 6.45) is 1.58. The van der Waals surface area contributed by atoms with Crippen molar-refractivity contribution in [2.24, 2.45) is 5.92 Å². The highest BCUT2D eigenvalue weighted by Crippen LogP contribution is 2.23. The van der Waals surface area contributed by atoms with E-state index in [1.54, 1.807) is 6.07 Å². The maximum Gasteiger partial charge on any atom is 0.223 e. The van der Waals surface area contributed by atoms with Gasteiger partial charge in [0.25, 0.3) is 0 Å². The number of halogens is 1. The Morgan fingerprint density at radius 3 is 2.62 bits per heavy atom. The number of anilines is 1. The van der Waals surface area contributed by atoms with Gasteiger partial charge in [0, 0.05) is 19.0 Å². The van der Waals surface area contributed by atoms with Crippen LogP contribution >= 0.6 is 11.6 Å². The number of piperidine rings is 1. The summed E-state index contributed by atoms with van der Waals surface area (Å²) in [6.45, 7) is 5.40. The summed E-state index contributed by atoms with van der Waals surface area (Å²) in [4.78, 5) is 14.6. The summed E-state index contributed by atoms with van der Waals surface area (Å²) >= 11 is 5.76. The molecule has 3 heterocycles. The highest BCUT2D eigenvalue weighted by atomic mass is 35.5. The summed E-state index contributed by atoms with van der Waals surface area (Å²) in [5.74, 6) is 2.54. The molecule has 128 valence electrons. The molecule has 1 N–H and O–H groups in total. The van der Waals surface area contributed by atoms with E-state index in [2.05, 4.69) is 20.4 Å². The molecular weight excluding hydrogens is 328 g/mol. The smallest absolute Gasteiger partial charge is 0.223 e. The number of nitrogens with one attached hydrogen (secondary N) is 1. The molecule has 1 saturated heterocycles. The first-order valence-electron chi connectivity index (χ1n) is 8.14. The Morgan fingerprint density at radius 1 is 1.29 bits per heavy atom. The number of furan rings is 1. The van der Waals surface area contributed by atoms with E-state index in [-0.39, 0.29) is 17.9 Å². The van der Waals surface area contributed by atoms with Gasteiger partial charge in [-0.05, 0) is 51.0 Å². The minimum Gasteiger partial charge on any atom is -0.464 e.